The lowest BCUT2D eigenvalue weighted by Gasteiger charge is -2.13. The van der Waals surface area contributed by atoms with E-state index >= 15 is 0 Å². The first kappa shape index (κ1) is 28.8. The SMILES string of the molecule is CCOC(=O)NS(=O)(=O)c1ccc(C)cc1-c1ccc(-n2nc(C)c(-c3ccc(NS(C)(=O)=O)cc3)c2C)cc1. The van der Waals surface area contributed by atoms with Crippen LogP contribution in [0.2, 0.25) is 0 Å². The highest BCUT2D eigenvalue weighted by Crippen LogP contribution is 2.32. The number of benzene rings is 3. The van der Waals surface area contributed by atoms with Gasteiger partial charge in [0.2, 0.25) is 10.0 Å². The molecule has 0 aliphatic carbocycles. The maximum absolute atomic E-state index is 13.0. The molecule has 3 aromatic carbocycles. The Hall–Kier alpha value is -4.16. The molecule has 0 saturated carbocycles. The third-order valence-corrected chi connectivity index (χ3v) is 8.09. The van der Waals surface area contributed by atoms with Crippen LogP contribution < -0.4 is 9.44 Å². The molecule has 0 aliphatic rings. The second-order valence-electron chi connectivity index (χ2n) is 9.28. The zero-order chi connectivity index (χ0) is 29.2. The summed E-state index contributed by atoms with van der Waals surface area (Å²) >= 11 is 0. The number of hydrogen-bond acceptors (Lipinski definition) is 7. The standard InChI is InChI=1S/C28H30N4O6S2/c1-6-38-28(33)31-40(36,37)26-16-7-18(2)17-25(26)21-10-14-24(15-11-21)32-20(4)27(19(3)29-32)22-8-12-23(13-9-22)30-39(5,34)35/h7-17,30H,6H2,1-5H3,(H,31,33). The van der Waals surface area contributed by atoms with E-state index in [2.05, 4.69) is 4.72 Å². The summed E-state index contributed by atoms with van der Waals surface area (Å²) in [7, 11) is -7.54. The number of sulfonamides is 2. The molecule has 0 unspecified atom stereocenters. The Morgan fingerprint density at radius 1 is 0.900 bits per heavy atom. The molecule has 210 valence electrons. The molecule has 0 fully saturated rings. The lowest BCUT2D eigenvalue weighted by atomic mass is 10.0. The minimum Gasteiger partial charge on any atom is -0.449 e. The molecule has 0 bridgehead atoms. The summed E-state index contributed by atoms with van der Waals surface area (Å²) in [5.74, 6) is 0. The molecule has 1 heterocycles. The molecule has 0 atom stereocenters. The maximum Gasteiger partial charge on any atom is 0.421 e. The topological polar surface area (TPSA) is 136 Å². The minimum absolute atomic E-state index is 0.0406. The molecule has 0 radical (unpaired) electrons. The monoisotopic (exact) mass is 582 g/mol. The van der Waals surface area contributed by atoms with Crippen LogP contribution in [-0.4, -0.2) is 45.6 Å². The maximum atomic E-state index is 13.0. The van der Waals surface area contributed by atoms with Gasteiger partial charge in [0, 0.05) is 22.5 Å². The molecule has 0 spiro atoms. The van der Waals surface area contributed by atoms with Gasteiger partial charge in [-0.25, -0.2) is 31.0 Å². The average molecular weight is 583 g/mol. The predicted octanol–water partition coefficient (Wildman–Crippen LogP) is 4.94. The molecule has 0 aliphatic heterocycles. The second-order valence-corrected chi connectivity index (χ2v) is 12.7. The van der Waals surface area contributed by atoms with Crippen LogP contribution in [0.1, 0.15) is 23.9 Å². The van der Waals surface area contributed by atoms with Crippen molar-refractivity contribution in [3.8, 4) is 27.9 Å². The van der Waals surface area contributed by atoms with Crippen molar-refractivity contribution in [3.05, 3.63) is 83.7 Å². The second kappa shape index (κ2) is 11.1. The van der Waals surface area contributed by atoms with Gasteiger partial charge in [-0.2, -0.15) is 5.10 Å². The van der Waals surface area contributed by atoms with Crippen LogP contribution in [0.5, 0.6) is 0 Å². The summed E-state index contributed by atoms with van der Waals surface area (Å²) in [5, 5.41) is 4.71. The molecular formula is C28H30N4O6S2. The van der Waals surface area contributed by atoms with Crippen molar-refractivity contribution >= 4 is 31.8 Å². The van der Waals surface area contributed by atoms with E-state index in [9.17, 15) is 21.6 Å². The van der Waals surface area contributed by atoms with Gasteiger partial charge in [-0.3, -0.25) is 4.72 Å². The van der Waals surface area contributed by atoms with Gasteiger partial charge < -0.3 is 4.74 Å². The van der Waals surface area contributed by atoms with Crippen LogP contribution in [0.15, 0.2) is 71.6 Å². The summed E-state index contributed by atoms with van der Waals surface area (Å²) in [6.45, 7) is 7.33. The van der Waals surface area contributed by atoms with Crippen LogP contribution >= 0.6 is 0 Å². The lowest BCUT2D eigenvalue weighted by molar-refractivity contribution is 0.158. The van der Waals surface area contributed by atoms with Crippen molar-refractivity contribution in [2.75, 3.05) is 17.6 Å². The van der Waals surface area contributed by atoms with Gasteiger partial charge in [0.05, 0.1) is 29.1 Å². The van der Waals surface area contributed by atoms with Crippen LogP contribution in [-0.2, 0) is 24.8 Å². The molecular weight excluding hydrogens is 552 g/mol. The Labute approximate surface area is 234 Å². The molecule has 1 aromatic heterocycles. The first-order valence-electron chi connectivity index (χ1n) is 12.3. The van der Waals surface area contributed by atoms with Gasteiger partial charge in [0.15, 0.2) is 0 Å². The highest BCUT2D eigenvalue weighted by molar-refractivity contribution is 7.92. The Morgan fingerprint density at radius 3 is 2.12 bits per heavy atom. The zero-order valence-corrected chi connectivity index (χ0v) is 24.4. The predicted molar refractivity (Wildman–Crippen MR) is 154 cm³/mol. The van der Waals surface area contributed by atoms with Gasteiger partial charge in [-0.05, 0) is 69.2 Å². The van der Waals surface area contributed by atoms with E-state index in [1.807, 2.05) is 49.8 Å². The van der Waals surface area contributed by atoms with Crippen LogP contribution in [0.25, 0.3) is 27.9 Å². The summed E-state index contributed by atoms with van der Waals surface area (Å²) in [4.78, 5) is 11.8. The summed E-state index contributed by atoms with van der Waals surface area (Å²) in [5.41, 5.74) is 6.68. The number of ether oxygens (including phenoxy) is 1. The Balaban J connectivity index is 1.67. The van der Waals surface area contributed by atoms with E-state index < -0.39 is 26.1 Å². The fourth-order valence-electron chi connectivity index (χ4n) is 4.44. The number of nitrogens with one attached hydrogen (secondary N) is 2. The van der Waals surface area contributed by atoms with E-state index in [4.69, 9.17) is 9.84 Å². The number of amides is 1. The lowest BCUT2D eigenvalue weighted by Crippen LogP contribution is -2.31. The molecule has 4 rings (SSSR count). The van der Waals surface area contributed by atoms with Crippen molar-refractivity contribution in [2.45, 2.75) is 32.6 Å². The van der Waals surface area contributed by atoms with E-state index in [1.54, 1.807) is 48.0 Å². The van der Waals surface area contributed by atoms with E-state index in [-0.39, 0.29) is 11.5 Å². The quantitative estimate of drug-likeness (QED) is 0.300. The first-order chi connectivity index (χ1) is 18.8. The Morgan fingerprint density at radius 2 is 1.52 bits per heavy atom. The average Bonchev–Trinajstić information content (AvgIpc) is 3.17. The van der Waals surface area contributed by atoms with Crippen LogP contribution in [0.3, 0.4) is 0 Å². The number of hydrogen-bond donors (Lipinski definition) is 2. The van der Waals surface area contributed by atoms with E-state index in [1.165, 1.54) is 6.07 Å². The summed E-state index contributed by atoms with van der Waals surface area (Å²) < 4.78 is 59.9. The third-order valence-electron chi connectivity index (χ3n) is 6.11. The molecule has 40 heavy (non-hydrogen) atoms. The summed E-state index contributed by atoms with van der Waals surface area (Å²) in [6, 6.07) is 19.2. The fourth-order valence-corrected chi connectivity index (χ4v) is 6.11. The van der Waals surface area contributed by atoms with E-state index in [0.29, 0.717) is 16.8 Å². The number of aromatic nitrogens is 2. The smallest absolute Gasteiger partial charge is 0.421 e. The van der Waals surface area contributed by atoms with Crippen molar-refractivity contribution in [1.82, 2.24) is 14.5 Å². The van der Waals surface area contributed by atoms with Crippen LogP contribution in [0.4, 0.5) is 10.5 Å². The van der Waals surface area contributed by atoms with E-state index in [0.717, 1.165) is 40.0 Å². The highest BCUT2D eigenvalue weighted by atomic mass is 32.2. The molecule has 0 saturated heterocycles. The molecule has 2 N–H and O–H groups in total. The Bertz CT molecular complexity index is 1780. The molecule has 4 aromatic rings. The highest BCUT2D eigenvalue weighted by Gasteiger charge is 2.23. The van der Waals surface area contributed by atoms with Crippen molar-refractivity contribution < 1.29 is 26.4 Å². The number of rotatable bonds is 8. The number of carbonyl (C=O) groups excluding carboxylic acids is 1. The molecule has 12 heteroatoms. The fraction of sp³-hybridized carbons (Fsp3) is 0.214. The third kappa shape index (κ3) is 6.35. The largest absolute Gasteiger partial charge is 0.449 e. The molecule has 10 nitrogen and oxygen atoms in total. The Kier molecular flexibility index (Phi) is 8.03. The van der Waals surface area contributed by atoms with Crippen molar-refractivity contribution in [1.29, 1.82) is 0 Å². The normalized spacial score (nSPS) is 11.7. The van der Waals surface area contributed by atoms with Crippen molar-refractivity contribution in [3.63, 3.8) is 0 Å². The number of nitrogens with zero attached hydrogens (tertiary/aromatic N) is 2. The number of aryl methyl sites for hydroxylation is 2. The first-order valence-corrected chi connectivity index (χ1v) is 15.7. The van der Waals surface area contributed by atoms with Gasteiger partial charge in [-0.15, -0.1) is 0 Å². The number of anilines is 1. The van der Waals surface area contributed by atoms with Gasteiger partial charge >= 0.3 is 6.09 Å². The summed E-state index contributed by atoms with van der Waals surface area (Å²) in [6.07, 6.45) is 0.0647. The van der Waals surface area contributed by atoms with Crippen molar-refractivity contribution in [2.24, 2.45) is 0 Å². The van der Waals surface area contributed by atoms with Gasteiger partial charge in [0.1, 0.15) is 0 Å². The zero-order valence-electron chi connectivity index (χ0n) is 22.7. The molecule has 1 amide bonds. The number of carbonyl (C=O) groups is 1. The van der Waals surface area contributed by atoms with Gasteiger partial charge in [0.25, 0.3) is 10.0 Å². The minimum atomic E-state index is -4.17. The van der Waals surface area contributed by atoms with Crippen LogP contribution in [0, 0.1) is 20.8 Å². The van der Waals surface area contributed by atoms with Gasteiger partial charge in [-0.1, -0.05) is 42.0 Å².